The molecule has 2 N–H and O–H groups in total. The molecule has 0 bridgehead atoms. The molecule has 1 heterocycles. The van der Waals surface area contributed by atoms with Gasteiger partial charge >= 0.3 is 0 Å². The third kappa shape index (κ3) is 5.35. The van der Waals surface area contributed by atoms with E-state index in [4.69, 9.17) is 10.5 Å². The summed E-state index contributed by atoms with van der Waals surface area (Å²) in [6.07, 6.45) is 0. The monoisotopic (exact) mass is 431 g/mol. The van der Waals surface area contributed by atoms with E-state index in [9.17, 15) is 4.79 Å². The third-order valence-corrected chi connectivity index (χ3v) is 5.43. The Kier molecular flexibility index (Phi) is 8.20. The summed E-state index contributed by atoms with van der Waals surface area (Å²) >= 11 is 1.42. The number of benzene rings is 2. The summed E-state index contributed by atoms with van der Waals surface area (Å²) in [4.78, 5) is 19.1. The second-order valence-corrected chi connectivity index (χ2v) is 7.70. The first kappa shape index (κ1) is 22.9. The average Bonchev–Trinajstić information content (AvgIpc) is 3.21. The van der Waals surface area contributed by atoms with Crippen molar-refractivity contribution >= 4 is 29.7 Å². The Labute approximate surface area is 181 Å². The zero-order chi connectivity index (χ0) is 20.1. The van der Waals surface area contributed by atoms with Gasteiger partial charge in [-0.3, -0.25) is 4.79 Å². The van der Waals surface area contributed by atoms with Crippen LogP contribution in [0.15, 0.2) is 53.9 Å². The maximum absolute atomic E-state index is 12.9. The molecule has 0 aliphatic rings. The molecule has 5 nitrogen and oxygen atoms in total. The van der Waals surface area contributed by atoms with E-state index in [-0.39, 0.29) is 24.4 Å². The molecule has 2 aromatic carbocycles. The quantitative estimate of drug-likeness (QED) is 0.586. The summed E-state index contributed by atoms with van der Waals surface area (Å²) in [5, 5.41) is 2.55. The number of thiazole rings is 1. The Morgan fingerprint density at radius 3 is 2.45 bits per heavy atom. The number of nitrogens with two attached hydrogens (primary N) is 1. The molecule has 3 rings (SSSR count). The van der Waals surface area contributed by atoms with E-state index in [0.717, 1.165) is 27.4 Å². The highest BCUT2D eigenvalue weighted by atomic mass is 35.5. The van der Waals surface area contributed by atoms with Gasteiger partial charge in [-0.05, 0) is 31.0 Å². The Bertz CT molecular complexity index is 941. The van der Waals surface area contributed by atoms with Crippen LogP contribution < -0.4 is 10.5 Å². The van der Waals surface area contributed by atoms with Crippen LogP contribution >= 0.6 is 23.7 Å². The van der Waals surface area contributed by atoms with Crippen LogP contribution in [-0.2, 0) is 13.1 Å². The summed E-state index contributed by atoms with van der Waals surface area (Å²) in [6.45, 7) is 4.90. The van der Waals surface area contributed by atoms with E-state index in [1.165, 1.54) is 11.3 Å². The van der Waals surface area contributed by atoms with Gasteiger partial charge in [0.2, 0.25) is 0 Å². The molecule has 0 unspecified atom stereocenters. The van der Waals surface area contributed by atoms with Crippen molar-refractivity contribution in [2.24, 2.45) is 5.73 Å². The minimum absolute atomic E-state index is 0. The zero-order valence-electron chi connectivity index (χ0n) is 16.8. The number of hydrogen-bond acceptors (Lipinski definition) is 5. The van der Waals surface area contributed by atoms with Crippen molar-refractivity contribution in [1.29, 1.82) is 0 Å². The number of carbonyl (C=O) groups is 1. The maximum Gasteiger partial charge on any atom is 0.273 e. The zero-order valence-corrected chi connectivity index (χ0v) is 18.4. The minimum atomic E-state index is -0.0697. The Morgan fingerprint density at radius 1 is 1.17 bits per heavy atom. The molecule has 3 aromatic rings. The largest absolute Gasteiger partial charge is 0.496 e. The van der Waals surface area contributed by atoms with Crippen LogP contribution in [0.4, 0.5) is 0 Å². The molecule has 1 amide bonds. The van der Waals surface area contributed by atoms with Gasteiger partial charge in [-0.25, -0.2) is 4.98 Å². The molecule has 0 saturated carbocycles. The number of rotatable bonds is 7. The molecule has 1 aromatic heterocycles. The van der Waals surface area contributed by atoms with Gasteiger partial charge in [0.25, 0.3) is 5.91 Å². The second kappa shape index (κ2) is 10.4. The van der Waals surface area contributed by atoms with Crippen LogP contribution in [0.1, 0.15) is 34.9 Å². The summed E-state index contributed by atoms with van der Waals surface area (Å²) < 4.78 is 5.45. The second-order valence-electron chi connectivity index (χ2n) is 6.75. The van der Waals surface area contributed by atoms with Gasteiger partial charge < -0.3 is 15.4 Å². The van der Waals surface area contributed by atoms with Crippen molar-refractivity contribution in [1.82, 2.24) is 9.88 Å². The van der Waals surface area contributed by atoms with E-state index in [1.807, 2.05) is 43.0 Å². The molecular weight excluding hydrogens is 406 g/mol. The highest BCUT2D eigenvalue weighted by Gasteiger charge is 2.21. The molecule has 29 heavy (non-hydrogen) atoms. The standard InChI is InChI=1S/C22H25N3O2S.ClH/c1-15(2)25(22(26)19-14-28-21(12-23)24-19)13-16-8-10-17(11-9-16)18-6-4-5-7-20(18)27-3;/h4-11,14-15H,12-13,23H2,1-3H3;1H. The number of carbonyl (C=O) groups excluding carboxylic acids is 1. The topological polar surface area (TPSA) is 68.5 Å². The fourth-order valence-corrected chi connectivity index (χ4v) is 3.66. The Balaban J connectivity index is 0.00000300. The summed E-state index contributed by atoms with van der Waals surface area (Å²) in [5.41, 5.74) is 9.27. The van der Waals surface area contributed by atoms with Crippen molar-refractivity contribution in [2.45, 2.75) is 33.0 Å². The van der Waals surface area contributed by atoms with Gasteiger partial charge in [0.15, 0.2) is 0 Å². The van der Waals surface area contributed by atoms with E-state index in [0.29, 0.717) is 18.8 Å². The van der Waals surface area contributed by atoms with Crippen LogP contribution in [0.2, 0.25) is 0 Å². The lowest BCUT2D eigenvalue weighted by molar-refractivity contribution is 0.0685. The lowest BCUT2D eigenvalue weighted by Crippen LogP contribution is -2.36. The molecular formula is C22H26ClN3O2S. The van der Waals surface area contributed by atoms with Gasteiger partial charge in [0.1, 0.15) is 16.5 Å². The average molecular weight is 432 g/mol. The van der Waals surface area contributed by atoms with Crippen LogP contribution in [0.3, 0.4) is 0 Å². The highest BCUT2D eigenvalue weighted by molar-refractivity contribution is 7.09. The van der Waals surface area contributed by atoms with Gasteiger partial charge in [-0.2, -0.15) is 0 Å². The summed E-state index contributed by atoms with van der Waals surface area (Å²) in [5.74, 6) is 0.772. The van der Waals surface area contributed by atoms with E-state index < -0.39 is 0 Å². The molecule has 0 saturated heterocycles. The number of methoxy groups -OCH3 is 1. The third-order valence-electron chi connectivity index (χ3n) is 4.55. The van der Waals surface area contributed by atoms with Gasteiger partial charge in [-0.15, -0.1) is 23.7 Å². The minimum Gasteiger partial charge on any atom is -0.496 e. The molecule has 0 atom stereocenters. The van der Waals surface area contributed by atoms with Gasteiger partial charge in [0.05, 0.1) is 7.11 Å². The number of hydrogen-bond donors (Lipinski definition) is 1. The van der Waals surface area contributed by atoms with Crippen molar-refractivity contribution < 1.29 is 9.53 Å². The number of para-hydroxylation sites is 1. The van der Waals surface area contributed by atoms with Crippen LogP contribution in [0, 0.1) is 0 Å². The number of amides is 1. The molecule has 7 heteroatoms. The first-order valence-electron chi connectivity index (χ1n) is 9.21. The lowest BCUT2D eigenvalue weighted by Gasteiger charge is -2.26. The predicted octanol–water partition coefficient (Wildman–Crippen LogP) is 4.75. The smallest absolute Gasteiger partial charge is 0.273 e. The van der Waals surface area contributed by atoms with Crippen molar-refractivity contribution in [3.8, 4) is 16.9 Å². The number of ether oxygens (including phenoxy) is 1. The van der Waals surface area contributed by atoms with Crippen LogP contribution in [0.5, 0.6) is 5.75 Å². The van der Waals surface area contributed by atoms with Gasteiger partial charge in [0, 0.05) is 30.1 Å². The fourth-order valence-electron chi connectivity index (χ4n) is 3.01. The SMILES string of the molecule is COc1ccccc1-c1ccc(CN(C(=O)c2csc(CN)n2)C(C)C)cc1.Cl. The fraction of sp³-hybridized carbons (Fsp3) is 0.273. The number of halogens is 1. The first-order chi connectivity index (χ1) is 13.5. The molecule has 0 fully saturated rings. The first-order valence-corrected chi connectivity index (χ1v) is 10.1. The Hall–Kier alpha value is -2.41. The molecule has 154 valence electrons. The van der Waals surface area contributed by atoms with Crippen molar-refractivity contribution in [3.63, 3.8) is 0 Å². The summed E-state index contributed by atoms with van der Waals surface area (Å²) in [6, 6.07) is 16.2. The van der Waals surface area contributed by atoms with E-state index in [2.05, 4.69) is 29.2 Å². The van der Waals surface area contributed by atoms with E-state index in [1.54, 1.807) is 12.5 Å². The van der Waals surface area contributed by atoms with E-state index >= 15 is 0 Å². The van der Waals surface area contributed by atoms with Crippen LogP contribution in [0.25, 0.3) is 11.1 Å². The molecule has 0 spiro atoms. The van der Waals surface area contributed by atoms with Crippen LogP contribution in [-0.4, -0.2) is 28.9 Å². The molecule has 0 aliphatic carbocycles. The van der Waals surface area contributed by atoms with Crippen molar-refractivity contribution in [3.05, 3.63) is 70.2 Å². The normalized spacial score (nSPS) is 10.5. The highest BCUT2D eigenvalue weighted by Crippen LogP contribution is 2.29. The maximum atomic E-state index is 12.9. The predicted molar refractivity (Wildman–Crippen MR) is 121 cm³/mol. The van der Waals surface area contributed by atoms with Gasteiger partial charge in [-0.1, -0.05) is 42.5 Å². The van der Waals surface area contributed by atoms with Crippen molar-refractivity contribution in [2.75, 3.05) is 7.11 Å². The number of nitrogens with zero attached hydrogens (tertiary/aromatic N) is 2. The lowest BCUT2D eigenvalue weighted by atomic mass is 10.0. The number of aromatic nitrogens is 1. The Morgan fingerprint density at radius 2 is 1.86 bits per heavy atom. The molecule has 0 radical (unpaired) electrons. The summed E-state index contributed by atoms with van der Waals surface area (Å²) in [7, 11) is 1.67. The molecule has 0 aliphatic heterocycles.